The highest BCUT2D eigenvalue weighted by Gasteiger charge is 2.59. The Balaban J connectivity index is 1.69. The van der Waals surface area contributed by atoms with Gasteiger partial charge in [-0.25, -0.2) is 4.79 Å². The molecule has 4 nitrogen and oxygen atoms in total. The minimum Gasteiger partial charge on any atom is -0.457 e. The van der Waals surface area contributed by atoms with Gasteiger partial charge >= 0.3 is 5.97 Å². The summed E-state index contributed by atoms with van der Waals surface area (Å²) in [5.74, 6) is -0.244. The minimum absolute atomic E-state index is 0.00625. The van der Waals surface area contributed by atoms with Crippen molar-refractivity contribution in [2.45, 2.75) is 115 Å². The van der Waals surface area contributed by atoms with E-state index in [1.807, 2.05) is 0 Å². The Bertz CT molecular complexity index is 1200. The van der Waals surface area contributed by atoms with E-state index in [-0.39, 0.29) is 28.3 Å². The molecule has 6 heteroatoms. The molecule has 1 heterocycles. The molecular formula is C31H46O4Si2. The van der Waals surface area contributed by atoms with Gasteiger partial charge in [-0.2, -0.15) is 0 Å². The van der Waals surface area contributed by atoms with Gasteiger partial charge in [0, 0.05) is 6.42 Å². The summed E-state index contributed by atoms with van der Waals surface area (Å²) < 4.78 is 19.9. The van der Waals surface area contributed by atoms with E-state index in [4.69, 9.17) is 13.6 Å². The van der Waals surface area contributed by atoms with E-state index in [2.05, 4.69) is 116 Å². The molecule has 0 N–H and O–H groups in total. The van der Waals surface area contributed by atoms with Crippen molar-refractivity contribution in [3.63, 3.8) is 0 Å². The fourth-order valence-electron chi connectivity index (χ4n) is 4.83. The highest BCUT2D eigenvalue weighted by molar-refractivity contribution is 6.74. The van der Waals surface area contributed by atoms with Crippen molar-refractivity contribution in [3.05, 3.63) is 59.7 Å². The number of fused-ring (bicyclic) bond motifs is 3. The van der Waals surface area contributed by atoms with Crippen LogP contribution >= 0.6 is 0 Å². The Morgan fingerprint density at radius 2 is 1.51 bits per heavy atom. The first-order chi connectivity index (χ1) is 16.9. The van der Waals surface area contributed by atoms with Crippen molar-refractivity contribution in [2.75, 3.05) is 0 Å². The van der Waals surface area contributed by atoms with Crippen LogP contribution in [0.4, 0.5) is 0 Å². The molecule has 3 atom stereocenters. The van der Waals surface area contributed by atoms with E-state index < -0.39 is 22.2 Å². The Morgan fingerprint density at radius 1 is 0.892 bits per heavy atom. The molecule has 0 saturated carbocycles. The summed E-state index contributed by atoms with van der Waals surface area (Å²) in [6, 6.07) is 15.2. The number of hydrogen-bond donors (Lipinski definition) is 0. The van der Waals surface area contributed by atoms with Crippen LogP contribution in [0.1, 0.15) is 59.9 Å². The third kappa shape index (κ3) is 5.54. The van der Waals surface area contributed by atoms with Crippen molar-refractivity contribution in [3.8, 4) is 0 Å². The average molecular weight is 539 g/mol. The highest BCUT2D eigenvalue weighted by Crippen LogP contribution is 2.49. The Labute approximate surface area is 226 Å². The lowest BCUT2D eigenvalue weighted by atomic mass is 9.83. The maximum absolute atomic E-state index is 13.4. The Kier molecular flexibility index (Phi) is 7.24. The topological polar surface area (TPSA) is 44.8 Å². The molecule has 2 aromatic carbocycles. The van der Waals surface area contributed by atoms with Crippen LogP contribution in [0.3, 0.4) is 0 Å². The van der Waals surface area contributed by atoms with E-state index in [9.17, 15) is 4.79 Å². The van der Waals surface area contributed by atoms with Gasteiger partial charge in [0.05, 0.1) is 0 Å². The normalized spacial score (nSPS) is 24.8. The molecule has 37 heavy (non-hydrogen) atoms. The molecule has 0 radical (unpaired) electrons. The van der Waals surface area contributed by atoms with Crippen LogP contribution in [-0.2, 0) is 24.8 Å². The second kappa shape index (κ2) is 9.47. The zero-order chi connectivity index (χ0) is 27.4. The lowest BCUT2D eigenvalue weighted by Crippen LogP contribution is -2.54. The van der Waals surface area contributed by atoms with E-state index >= 15 is 0 Å². The first kappa shape index (κ1) is 28.3. The number of carbonyl (C=O) groups excluding carboxylic acids is 1. The third-order valence-corrected chi connectivity index (χ3v) is 18.2. The van der Waals surface area contributed by atoms with Gasteiger partial charge in [-0.3, -0.25) is 0 Å². The summed E-state index contributed by atoms with van der Waals surface area (Å²) >= 11 is 0. The molecule has 1 saturated heterocycles. The summed E-state index contributed by atoms with van der Waals surface area (Å²) in [5, 5.41) is 2.56. The summed E-state index contributed by atoms with van der Waals surface area (Å²) in [4.78, 5) is 13.4. The minimum atomic E-state index is -2.22. The Hall–Kier alpha value is -1.74. The lowest BCUT2D eigenvalue weighted by Gasteiger charge is -2.45. The van der Waals surface area contributed by atoms with Gasteiger partial charge in [-0.15, -0.1) is 0 Å². The van der Waals surface area contributed by atoms with Gasteiger partial charge < -0.3 is 13.6 Å². The van der Waals surface area contributed by atoms with Crippen LogP contribution in [0.5, 0.6) is 0 Å². The third-order valence-electron chi connectivity index (χ3n) is 9.22. The summed E-state index contributed by atoms with van der Waals surface area (Å²) in [6.45, 7) is 22.4. The monoisotopic (exact) mass is 538 g/mol. The fraction of sp³-hybridized carbons (Fsp3) is 0.581. The van der Waals surface area contributed by atoms with Gasteiger partial charge in [0.25, 0.3) is 0 Å². The van der Waals surface area contributed by atoms with Gasteiger partial charge in [-0.1, -0.05) is 84.0 Å². The number of rotatable bonds is 7. The molecular weight excluding hydrogens is 493 g/mol. The molecule has 0 spiro atoms. The second-order valence-electron chi connectivity index (χ2n) is 14.1. The molecule has 0 aromatic heterocycles. The van der Waals surface area contributed by atoms with Crippen LogP contribution < -0.4 is 0 Å². The first-order valence-corrected chi connectivity index (χ1v) is 19.5. The van der Waals surface area contributed by atoms with Crippen LogP contribution in [0.2, 0.25) is 36.3 Å². The van der Waals surface area contributed by atoms with Gasteiger partial charge in [0.1, 0.15) is 12.2 Å². The van der Waals surface area contributed by atoms with E-state index in [0.29, 0.717) is 6.42 Å². The molecule has 1 aliphatic carbocycles. The molecule has 202 valence electrons. The fourth-order valence-corrected chi connectivity index (χ4v) is 7.57. The second-order valence-corrected chi connectivity index (χ2v) is 23.6. The smallest absolute Gasteiger partial charge is 0.341 e. The van der Waals surface area contributed by atoms with Crippen LogP contribution in [0.25, 0.3) is 10.8 Å². The van der Waals surface area contributed by atoms with Gasteiger partial charge in [-0.05, 0) is 77.1 Å². The molecule has 2 bridgehead atoms. The van der Waals surface area contributed by atoms with Crippen molar-refractivity contribution in [1.29, 1.82) is 0 Å². The van der Waals surface area contributed by atoms with Crippen LogP contribution in [0, 0.1) is 0 Å². The molecule has 2 aliphatic rings. The molecule has 2 aromatic rings. The molecule has 4 rings (SSSR count). The van der Waals surface area contributed by atoms with Crippen LogP contribution in [-0.4, -0.2) is 40.4 Å². The number of hydrogen-bond acceptors (Lipinski definition) is 4. The molecule has 0 unspecified atom stereocenters. The molecule has 1 aliphatic heterocycles. The molecule has 1 fully saturated rings. The summed E-state index contributed by atoms with van der Waals surface area (Å²) in [6.07, 6.45) is 3.82. The number of aryl methyl sites for hydroxylation is 1. The van der Waals surface area contributed by atoms with Crippen molar-refractivity contribution in [1.82, 2.24) is 0 Å². The lowest BCUT2D eigenvalue weighted by molar-refractivity contribution is -0.151. The quantitative estimate of drug-likeness (QED) is 0.203. The van der Waals surface area contributed by atoms with Crippen LogP contribution in [0.15, 0.2) is 54.1 Å². The number of ether oxygens (including phenoxy) is 1. The van der Waals surface area contributed by atoms with Crippen molar-refractivity contribution in [2.24, 2.45) is 0 Å². The van der Waals surface area contributed by atoms with Crippen molar-refractivity contribution >= 4 is 33.4 Å². The zero-order valence-corrected chi connectivity index (χ0v) is 26.5. The predicted molar refractivity (Wildman–Crippen MR) is 158 cm³/mol. The molecule has 0 amide bonds. The predicted octanol–water partition coefficient (Wildman–Crippen LogP) is 8.18. The van der Waals surface area contributed by atoms with Gasteiger partial charge in [0.15, 0.2) is 22.2 Å². The van der Waals surface area contributed by atoms with Crippen molar-refractivity contribution < 1.29 is 18.4 Å². The maximum atomic E-state index is 13.4. The summed E-state index contributed by atoms with van der Waals surface area (Å²) in [7, 11) is -4.33. The van der Waals surface area contributed by atoms with E-state index in [0.717, 1.165) is 18.4 Å². The standard InChI is InChI=1S/C31H46O4Si2/c1-29(2,3)36(7,8)34-27-25(18-16-22-15-17-23-13-11-12-14-24(23)19-22)20-31(21-26(27)33-28(31)32)35-37(9,10)30(4,5)6/h11-15,17,19-20,26-27H,16,18,21H2,1-10H3/t26-,27-,31+/m1/s1. The Morgan fingerprint density at radius 3 is 2.14 bits per heavy atom. The van der Waals surface area contributed by atoms with E-state index in [1.54, 1.807) is 0 Å². The summed E-state index contributed by atoms with van der Waals surface area (Å²) in [5.41, 5.74) is 1.44. The maximum Gasteiger partial charge on any atom is 0.341 e. The number of carbonyl (C=O) groups is 1. The van der Waals surface area contributed by atoms with E-state index in [1.165, 1.54) is 16.3 Å². The first-order valence-electron chi connectivity index (χ1n) is 13.7. The van der Waals surface area contributed by atoms with Gasteiger partial charge in [0.2, 0.25) is 0 Å². The largest absolute Gasteiger partial charge is 0.457 e. The number of esters is 1. The number of benzene rings is 2. The zero-order valence-electron chi connectivity index (χ0n) is 24.5. The SMILES string of the molecule is CC(C)(C)[Si](C)(C)O[C@@H]1C(CCc2ccc3ccccc3c2)=C[C@]2(O[Si](C)(C)C(C)(C)C)C[C@H]1OC2=O. The highest BCUT2D eigenvalue weighted by atomic mass is 28.4. The average Bonchev–Trinajstić information content (AvgIpc) is 3.03.